The van der Waals surface area contributed by atoms with Crippen LogP contribution >= 0.6 is 0 Å². The first-order valence-electron chi connectivity index (χ1n) is 7.63. The highest BCUT2D eigenvalue weighted by atomic mass is 16.5. The van der Waals surface area contributed by atoms with Gasteiger partial charge in [0, 0.05) is 0 Å². The molecule has 0 bridgehead atoms. The fourth-order valence-electron chi connectivity index (χ4n) is 2.31. The van der Waals surface area contributed by atoms with Gasteiger partial charge >= 0.3 is 0 Å². The van der Waals surface area contributed by atoms with Crippen LogP contribution in [0.2, 0.25) is 0 Å². The van der Waals surface area contributed by atoms with Crippen molar-refractivity contribution in [1.82, 2.24) is 14.9 Å². The molecule has 0 atom stereocenters. The summed E-state index contributed by atoms with van der Waals surface area (Å²) in [5.41, 5.74) is 0.395. The summed E-state index contributed by atoms with van der Waals surface area (Å²) in [5.74, 6) is 0.493. The van der Waals surface area contributed by atoms with Gasteiger partial charge in [0.2, 0.25) is 5.91 Å². The first-order valence-corrected chi connectivity index (χ1v) is 7.63. The zero-order valence-corrected chi connectivity index (χ0v) is 13.0. The van der Waals surface area contributed by atoms with Crippen molar-refractivity contribution in [2.75, 3.05) is 13.2 Å². The molecule has 122 valence electrons. The van der Waals surface area contributed by atoms with Crippen molar-refractivity contribution in [2.24, 2.45) is 0 Å². The Kier molecular flexibility index (Phi) is 4.86. The quantitative estimate of drug-likeness (QED) is 0.699. The second-order valence-electron chi connectivity index (χ2n) is 5.21. The molecule has 0 aliphatic heterocycles. The summed E-state index contributed by atoms with van der Waals surface area (Å²) in [5, 5.41) is 3.23. The summed E-state index contributed by atoms with van der Waals surface area (Å²) >= 11 is 0. The van der Waals surface area contributed by atoms with Crippen LogP contribution in [0.5, 0.6) is 5.75 Å². The summed E-state index contributed by atoms with van der Waals surface area (Å²) in [7, 11) is 0. The Balaban J connectivity index is 1.53. The van der Waals surface area contributed by atoms with Crippen LogP contribution < -0.4 is 15.6 Å². The first-order chi connectivity index (χ1) is 11.7. The highest BCUT2D eigenvalue weighted by Gasteiger charge is 2.07. The fraction of sp³-hybridized carbons (Fsp3) is 0.167. The van der Waals surface area contributed by atoms with Gasteiger partial charge in [0.25, 0.3) is 5.56 Å². The molecular weight excluding hydrogens is 306 g/mol. The van der Waals surface area contributed by atoms with Gasteiger partial charge in [0.1, 0.15) is 18.9 Å². The summed E-state index contributed by atoms with van der Waals surface area (Å²) in [4.78, 5) is 28.4. The van der Waals surface area contributed by atoms with Gasteiger partial charge in [-0.15, -0.1) is 0 Å². The van der Waals surface area contributed by atoms with Gasteiger partial charge in [-0.25, -0.2) is 4.98 Å². The van der Waals surface area contributed by atoms with Gasteiger partial charge in [0.15, 0.2) is 0 Å². The van der Waals surface area contributed by atoms with Crippen LogP contribution in [-0.2, 0) is 11.3 Å². The standard InChI is InChI=1S/C18H17N3O3/c22-17(19-10-11-24-14-6-2-1-3-7-14)12-21-13-20-16-9-5-4-8-15(16)18(21)23/h1-9,13H,10-12H2,(H,19,22). The second-order valence-corrected chi connectivity index (χ2v) is 5.21. The van der Waals surface area contributed by atoms with Crippen molar-refractivity contribution in [2.45, 2.75) is 6.54 Å². The van der Waals surface area contributed by atoms with Gasteiger partial charge in [-0.2, -0.15) is 0 Å². The number of ether oxygens (including phenoxy) is 1. The number of nitrogens with zero attached hydrogens (tertiary/aromatic N) is 2. The van der Waals surface area contributed by atoms with Crippen LogP contribution in [0.1, 0.15) is 0 Å². The largest absolute Gasteiger partial charge is 0.492 e. The highest BCUT2D eigenvalue weighted by molar-refractivity contribution is 5.78. The lowest BCUT2D eigenvalue weighted by Crippen LogP contribution is -2.34. The Morgan fingerprint density at radius 1 is 1.08 bits per heavy atom. The van der Waals surface area contributed by atoms with Crippen LogP contribution in [0.25, 0.3) is 10.9 Å². The van der Waals surface area contributed by atoms with Crippen molar-refractivity contribution in [3.05, 3.63) is 71.3 Å². The molecule has 0 fully saturated rings. The van der Waals surface area contributed by atoms with Crippen molar-refractivity contribution in [3.63, 3.8) is 0 Å². The molecule has 2 aromatic carbocycles. The lowest BCUT2D eigenvalue weighted by molar-refractivity contribution is -0.121. The van der Waals surface area contributed by atoms with E-state index in [-0.39, 0.29) is 18.0 Å². The number of carbonyl (C=O) groups is 1. The van der Waals surface area contributed by atoms with E-state index in [0.717, 1.165) is 5.75 Å². The number of hydrogen-bond acceptors (Lipinski definition) is 4. The molecule has 3 aromatic rings. The molecule has 0 spiro atoms. The summed E-state index contributed by atoms with van der Waals surface area (Å²) in [6.07, 6.45) is 1.39. The van der Waals surface area contributed by atoms with E-state index in [0.29, 0.717) is 24.1 Å². The maximum absolute atomic E-state index is 12.3. The number of amides is 1. The zero-order valence-electron chi connectivity index (χ0n) is 13.0. The van der Waals surface area contributed by atoms with Crippen LogP contribution in [0, 0.1) is 0 Å². The SMILES string of the molecule is O=C(Cn1cnc2ccccc2c1=O)NCCOc1ccccc1. The average Bonchev–Trinajstić information content (AvgIpc) is 2.62. The number of carbonyl (C=O) groups excluding carboxylic acids is 1. The summed E-state index contributed by atoms with van der Waals surface area (Å²) in [6.45, 7) is 0.659. The van der Waals surface area contributed by atoms with Crippen molar-refractivity contribution in [1.29, 1.82) is 0 Å². The topological polar surface area (TPSA) is 73.2 Å². The number of fused-ring (bicyclic) bond motifs is 1. The molecule has 1 heterocycles. The Morgan fingerprint density at radius 3 is 2.67 bits per heavy atom. The van der Waals surface area contributed by atoms with Crippen molar-refractivity contribution < 1.29 is 9.53 Å². The maximum Gasteiger partial charge on any atom is 0.261 e. The van der Waals surface area contributed by atoms with Gasteiger partial charge in [-0.1, -0.05) is 30.3 Å². The monoisotopic (exact) mass is 323 g/mol. The van der Waals surface area contributed by atoms with E-state index in [9.17, 15) is 9.59 Å². The highest BCUT2D eigenvalue weighted by Crippen LogP contribution is 2.07. The third-order valence-corrected chi connectivity index (χ3v) is 3.48. The van der Waals surface area contributed by atoms with Crippen LogP contribution in [0.3, 0.4) is 0 Å². The Morgan fingerprint density at radius 2 is 1.83 bits per heavy atom. The first kappa shape index (κ1) is 15.7. The van der Waals surface area contributed by atoms with Gasteiger partial charge in [-0.05, 0) is 24.3 Å². The second kappa shape index (κ2) is 7.41. The third-order valence-electron chi connectivity index (χ3n) is 3.48. The van der Waals surface area contributed by atoms with Crippen molar-refractivity contribution >= 4 is 16.8 Å². The number of aromatic nitrogens is 2. The number of para-hydroxylation sites is 2. The molecule has 1 N–H and O–H groups in total. The minimum Gasteiger partial charge on any atom is -0.492 e. The van der Waals surface area contributed by atoms with E-state index in [2.05, 4.69) is 10.3 Å². The molecule has 6 nitrogen and oxygen atoms in total. The van der Waals surface area contributed by atoms with Crippen LogP contribution in [0.4, 0.5) is 0 Å². The molecule has 0 unspecified atom stereocenters. The molecule has 0 saturated carbocycles. The molecule has 1 amide bonds. The number of rotatable bonds is 6. The van der Waals surface area contributed by atoms with Crippen LogP contribution in [0.15, 0.2) is 65.7 Å². The van der Waals surface area contributed by atoms with E-state index in [4.69, 9.17) is 4.74 Å². The smallest absolute Gasteiger partial charge is 0.261 e. The average molecular weight is 323 g/mol. The van der Waals surface area contributed by atoms with E-state index in [1.165, 1.54) is 10.9 Å². The summed E-state index contributed by atoms with van der Waals surface area (Å²) < 4.78 is 6.79. The maximum atomic E-state index is 12.3. The molecule has 1 aromatic heterocycles. The lowest BCUT2D eigenvalue weighted by atomic mass is 10.2. The van der Waals surface area contributed by atoms with Gasteiger partial charge in [0.05, 0.1) is 23.8 Å². The van der Waals surface area contributed by atoms with Crippen molar-refractivity contribution in [3.8, 4) is 5.75 Å². The molecule has 0 saturated heterocycles. The number of benzene rings is 2. The van der Waals surface area contributed by atoms with Gasteiger partial charge < -0.3 is 10.1 Å². The lowest BCUT2D eigenvalue weighted by Gasteiger charge is -2.09. The minimum absolute atomic E-state index is 0.0675. The Labute approximate surface area is 138 Å². The Hall–Kier alpha value is -3.15. The Bertz CT molecular complexity index is 891. The third kappa shape index (κ3) is 3.78. The van der Waals surface area contributed by atoms with E-state index >= 15 is 0 Å². The molecule has 3 rings (SSSR count). The van der Waals surface area contributed by atoms with Gasteiger partial charge in [-0.3, -0.25) is 14.2 Å². The molecule has 0 aliphatic carbocycles. The zero-order chi connectivity index (χ0) is 16.8. The van der Waals surface area contributed by atoms with E-state index in [1.54, 1.807) is 18.2 Å². The molecule has 24 heavy (non-hydrogen) atoms. The predicted octanol–water partition coefficient (Wildman–Crippen LogP) is 1.59. The van der Waals surface area contributed by atoms with Crippen LogP contribution in [-0.4, -0.2) is 28.6 Å². The molecule has 0 radical (unpaired) electrons. The van der Waals surface area contributed by atoms with E-state index in [1.807, 2.05) is 36.4 Å². The number of nitrogens with one attached hydrogen (secondary N) is 1. The molecule has 6 heteroatoms. The predicted molar refractivity (Wildman–Crippen MR) is 90.9 cm³/mol. The minimum atomic E-state index is -0.258. The number of hydrogen-bond donors (Lipinski definition) is 1. The molecular formula is C18H17N3O3. The van der Waals surface area contributed by atoms with E-state index < -0.39 is 0 Å². The fourth-order valence-corrected chi connectivity index (χ4v) is 2.31. The summed E-state index contributed by atoms with van der Waals surface area (Å²) in [6, 6.07) is 16.4. The molecule has 0 aliphatic rings. The normalized spacial score (nSPS) is 10.5.